The summed E-state index contributed by atoms with van der Waals surface area (Å²) in [6, 6.07) is 0. The Bertz CT molecular complexity index is 706. The zero-order chi connectivity index (χ0) is 22.3. The molecule has 1 amide bonds. The average Bonchev–Trinajstić information content (AvgIpc) is 3.27. The van der Waals surface area contributed by atoms with Crippen molar-refractivity contribution in [2.24, 2.45) is 10.9 Å². The molecule has 0 aromatic carbocycles. The van der Waals surface area contributed by atoms with E-state index in [1.807, 2.05) is 25.7 Å². The molecule has 9 nitrogen and oxygen atoms in total. The molecule has 1 atom stereocenters. The van der Waals surface area contributed by atoms with E-state index >= 15 is 0 Å². The highest BCUT2D eigenvalue weighted by molar-refractivity contribution is 5.80. The Labute approximate surface area is 186 Å². The molecule has 2 saturated heterocycles. The molecular formula is C22H39N7O2. The van der Waals surface area contributed by atoms with Crippen molar-refractivity contribution in [2.45, 2.75) is 71.3 Å². The number of carbonyl (C=O) groups is 1. The molecule has 2 aliphatic rings. The summed E-state index contributed by atoms with van der Waals surface area (Å²) in [5.74, 6) is 2.92. The minimum Gasteiger partial charge on any atom is -0.444 e. The number of hydrogen-bond acceptors (Lipinski definition) is 5. The molecule has 2 fully saturated rings. The monoisotopic (exact) mass is 433 g/mol. The number of piperidine rings is 2. The molecule has 2 aliphatic heterocycles. The molecule has 1 aromatic heterocycles. The van der Waals surface area contributed by atoms with E-state index in [0.717, 1.165) is 83.2 Å². The maximum Gasteiger partial charge on any atom is 0.410 e. The summed E-state index contributed by atoms with van der Waals surface area (Å²) >= 11 is 0. The van der Waals surface area contributed by atoms with E-state index in [2.05, 4.69) is 32.3 Å². The summed E-state index contributed by atoms with van der Waals surface area (Å²) in [4.78, 5) is 25.8. The SMILES string of the molecule is CCNC(=NCCC1CCCN(C(=O)OC(C)(C)C)C1)N1CCC(c2ncn[nH]2)CC1. The fourth-order valence-electron chi connectivity index (χ4n) is 4.35. The number of ether oxygens (including phenoxy) is 1. The molecule has 9 heteroatoms. The normalized spacial score (nSPS) is 21.3. The van der Waals surface area contributed by atoms with Crippen LogP contribution in [-0.4, -0.2) is 81.9 Å². The van der Waals surface area contributed by atoms with Gasteiger partial charge in [-0.2, -0.15) is 5.10 Å². The lowest BCUT2D eigenvalue weighted by Gasteiger charge is -2.34. The van der Waals surface area contributed by atoms with Crippen molar-refractivity contribution < 1.29 is 9.53 Å². The molecule has 2 N–H and O–H groups in total. The number of likely N-dealkylation sites (tertiary alicyclic amines) is 2. The summed E-state index contributed by atoms with van der Waals surface area (Å²) in [6.45, 7) is 13.0. The van der Waals surface area contributed by atoms with E-state index in [9.17, 15) is 4.79 Å². The van der Waals surface area contributed by atoms with Crippen LogP contribution < -0.4 is 5.32 Å². The molecular weight excluding hydrogens is 394 g/mol. The van der Waals surface area contributed by atoms with Gasteiger partial charge in [-0.1, -0.05) is 0 Å². The van der Waals surface area contributed by atoms with Gasteiger partial charge in [0.25, 0.3) is 0 Å². The second-order valence-corrected chi connectivity index (χ2v) is 9.59. The third-order valence-electron chi connectivity index (χ3n) is 5.92. The van der Waals surface area contributed by atoms with Crippen LogP contribution in [0.25, 0.3) is 0 Å². The van der Waals surface area contributed by atoms with Gasteiger partial charge < -0.3 is 19.9 Å². The van der Waals surface area contributed by atoms with E-state index in [0.29, 0.717) is 11.8 Å². The molecule has 3 rings (SSSR count). The lowest BCUT2D eigenvalue weighted by Crippen LogP contribution is -2.45. The summed E-state index contributed by atoms with van der Waals surface area (Å²) in [5, 5.41) is 10.4. The second kappa shape index (κ2) is 10.8. The highest BCUT2D eigenvalue weighted by atomic mass is 16.6. The number of guanidine groups is 1. The van der Waals surface area contributed by atoms with E-state index in [1.165, 1.54) is 0 Å². The van der Waals surface area contributed by atoms with Gasteiger partial charge in [-0.25, -0.2) is 9.78 Å². The van der Waals surface area contributed by atoms with Crippen LogP contribution in [0, 0.1) is 5.92 Å². The second-order valence-electron chi connectivity index (χ2n) is 9.59. The molecule has 1 unspecified atom stereocenters. The molecule has 0 bridgehead atoms. The van der Waals surface area contributed by atoms with Crippen LogP contribution in [0.1, 0.15) is 71.5 Å². The van der Waals surface area contributed by atoms with Crippen molar-refractivity contribution in [3.8, 4) is 0 Å². The van der Waals surface area contributed by atoms with E-state index in [1.54, 1.807) is 6.33 Å². The predicted octanol–water partition coefficient (Wildman–Crippen LogP) is 2.99. The quantitative estimate of drug-likeness (QED) is 0.547. The summed E-state index contributed by atoms with van der Waals surface area (Å²) in [5.41, 5.74) is -0.448. The Balaban J connectivity index is 1.47. The molecule has 3 heterocycles. The lowest BCUT2D eigenvalue weighted by atomic mass is 9.95. The van der Waals surface area contributed by atoms with Gasteiger partial charge in [-0.3, -0.25) is 10.1 Å². The smallest absolute Gasteiger partial charge is 0.410 e. The highest BCUT2D eigenvalue weighted by Gasteiger charge is 2.28. The predicted molar refractivity (Wildman–Crippen MR) is 121 cm³/mol. The first-order chi connectivity index (χ1) is 14.9. The fraction of sp³-hybridized carbons (Fsp3) is 0.818. The topological polar surface area (TPSA) is 98.7 Å². The Kier molecular flexibility index (Phi) is 8.15. The van der Waals surface area contributed by atoms with E-state index < -0.39 is 5.60 Å². The number of aromatic amines is 1. The van der Waals surface area contributed by atoms with Gasteiger partial charge >= 0.3 is 6.09 Å². The Morgan fingerprint density at radius 3 is 2.68 bits per heavy atom. The van der Waals surface area contributed by atoms with Crippen LogP contribution in [0.5, 0.6) is 0 Å². The van der Waals surface area contributed by atoms with Crippen molar-refractivity contribution in [3.05, 3.63) is 12.2 Å². The number of aromatic nitrogens is 3. The largest absolute Gasteiger partial charge is 0.444 e. The van der Waals surface area contributed by atoms with E-state index in [4.69, 9.17) is 9.73 Å². The van der Waals surface area contributed by atoms with Crippen molar-refractivity contribution in [2.75, 3.05) is 39.3 Å². The Morgan fingerprint density at radius 1 is 1.26 bits per heavy atom. The van der Waals surface area contributed by atoms with Crippen molar-refractivity contribution in [3.63, 3.8) is 0 Å². The standard InChI is InChI=1S/C22H39N7O2/c1-5-23-20(28-13-9-18(10-14-28)19-25-16-26-27-19)24-11-8-17-7-6-12-29(15-17)21(30)31-22(2,3)4/h16-18H,5-15H2,1-4H3,(H,23,24)(H,25,26,27). The van der Waals surface area contributed by atoms with Crippen LogP contribution in [0.3, 0.4) is 0 Å². The Morgan fingerprint density at radius 2 is 2.03 bits per heavy atom. The van der Waals surface area contributed by atoms with Crippen molar-refractivity contribution in [1.29, 1.82) is 0 Å². The van der Waals surface area contributed by atoms with Gasteiger partial charge in [-0.15, -0.1) is 0 Å². The van der Waals surface area contributed by atoms with Crippen LogP contribution in [0.2, 0.25) is 0 Å². The fourth-order valence-corrected chi connectivity index (χ4v) is 4.35. The van der Waals surface area contributed by atoms with Crippen LogP contribution in [-0.2, 0) is 4.74 Å². The maximum atomic E-state index is 12.4. The lowest BCUT2D eigenvalue weighted by molar-refractivity contribution is 0.0163. The number of nitrogens with one attached hydrogen (secondary N) is 2. The number of H-pyrrole nitrogens is 1. The molecule has 1 aromatic rings. The highest BCUT2D eigenvalue weighted by Crippen LogP contribution is 2.25. The first-order valence-corrected chi connectivity index (χ1v) is 11.7. The van der Waals surface area contributed by atoms with Crippen molar-refractivity contribution in [1.82, 2.24) is 30.3 Å². The number of rotatable bonds is 5. The zero-order valence-electron chi connectivity index (χ0n) is 19.6. The molecule has 0 spiro atoms. The molecule has 0 saturated carbocycles. The summed E-state index contributed by atoms with van der Waals surface area (Å²) in [6.07, 6.45) is 6.66. The molecule has 174 valence electrons. The number of hydrogen-bond donors (Lipinski definition) is 2. The maximum absolute atomic E-state index is 12.4. The van der Waals surface area contributed by atoms with Crippen LogP contribution >= 0.6 is 0 Å². The first kappa shape index (κ1) is 23.3. The Hall–Kier alpha value is -2.32. The summed E-state index contributed by atoms with van der Waals surface area (Å²) in [7, 11) is 0. The third kappa shape index (κ3) is 7.11. The van der Waals surface area contributed by atoms with Gasteiger partial charge in [0.1, 0.15) is 17.8 Å². The van der Waals surface area contributed by atoms with Crippen LogP contribution in [0.15, 0.2) is 11.3 Å². The minimum atomic E-state index is -0.448. The van der Waals surface area contributed by atoms with Gasteiger partial charge in [0, 0.05) is 45.2 Å². The number of amides is 1. The minimum absolute atomic E-state index is 0.191. The first-order valence-electron chi connectivity index (χ1n) is 11.7. The average molecular weight is 434 g/mol. The van der Waals surface area contributed by atoms with Gasteiger partial charge in [0.15, 0.2) is 5.96 Å². The van der Waals surface area contributed by atoms with Crippen LogP contribution in [0.4, 0.5) is 4.79 Å². The third-order valence-corrected chi connectivity index (χ3v) is 5.92. The zero-order valence-corrected chi connectivity index (χ0v) is 19.6. The van der Waals surface area contributed by atoms with E-state index in [-0.39, 0.29) is 6.09 Å². The number of carbonyl (C=O) groups excluding carboxylic acids is 1. The summed E-state index contributed by atoms with van der Waals surface area (Å²) < 4.78 is 5.55. The molecule has 31 heavy (non-hydrogen) atoms. The van der Waals surface area contributed by atoms with Crippen molar-refractivity contribution >= 4 is 12.1 Å². The van der Waals surface area contributed by atoms with Gasteiger partial charge in [0.2, 0.25) is 0 Å². The van der Waals surface area contributed by atoms with Gasteiger partial charge in [0.05, 0.1) is 0 Å². The van der Waals surface area contributed by atoms with Gasteiger partial charge in [-0.05, 0) is 65.7 Å². The number of aliphatic imine (C=N–C) groups is 1. The molecule has 0 radical (unpaired) electrons. The molecule has 0 aliphatic carbocycles. The number of nitrogens with zero attached hydrogens (tertiary/aromatic N) is 5.